The highest BCUT2D eigenvalue weighted by molar-refractivity contribution is 14.0. The Morgan fingerprint density at radius 1 is 1.15 bits per heavy atom. The first-order valence-electron chi connectivity index (χ1n) is 8.62. The lowest BCUT2D eigenvalue weighted by atomic mass is 10.1. The molecule has 0 unspecified atom stereocenters. The maximum absolute atomic E-state index is 6.18. The van der Waals surface area contributed by atoms with E-state index in [4.69, 9.17) is 5.73 Å². The number of rotatable bonds is 4. The minimum absolute atomic E-state index is 0. The Labute approximate surface area is 171 Å². The Balaban J connectivity index is 0.00000243. The van der Waals surface area contributed by atoms with E-state index in [-0.39, 0.29) is 24.0 Å². The summed E-state index contributed by atoms with van der Waals surface area (Å²) in [5.74, 6) is 1.40. The van der Waals surface area contributed by atoms with E-state index in [2.05, 4.69) is 36.8 Å². The Bertz CT molecular complexity index is 735. The lowest BCUT2D eigenvalue weighted by molar-refractivity contribution is 0.378. The average Bonchev–Trinajstić information content (AvgIpc) is 2.88. The Hall–Kier alpha value is -1.91. The van der Waals surface area contributed by atoms with Crippen LogP contribution in [0.25, 0.3) is 0 Å². The maximum atomic E-state index is 6.18. The molecule has 0 aliphatic carbocycles. The van der Waals surface area contributed by atoms with Gasteiger partial charge in [-0.15, -0.1) is 24.0 Å². The van der Waals surface area contributed by atoms with Gasteiger partial charge in [0.05, 0.1) is 5.69 Å². The summed E-state index contributed by atoms with van der Waals surface area (Å²) < 4.78 is 1.92. The molecule has 3 heterocycles. The summed E-state index contributed by atoms with van der Waals surface area (Å²) in [7, 11) is 1.97. The molecule has 26 heavy (non-hydrogen) atoms. The van der Waals surface area contributed by atoms with Crippen molar-refractivity contribution >= 4 is 35.9 Å². The van der Waals surface area contributed by atoms with Gasteiger partial charge in [0.1, 0.15) is 0 Å². The third-order valence-corrected chi connectivity index (χ3v) is 4.73. The summed E-state index contributed by atoms with van der Waals surface area (Å²) in [6.45, 7) is 8.17. The zero-order chi connectivity index (χ0) is 17.8. The fourth-order valence-electron chi connectivity index (χ4n) is 3.15. The molecule has 142 valence electrons. The minimum atomic E-state index is 0. The number of anilines is 1. The first-order chi connectivity index (χ1) is 12.1. The molecule has 8 nitrogen and oxygen atoms in total. The number of halogens is 1. The fraction of sp³-hybridized carbons (Fsp3) is 0.529. The fourth-order valence-corrected chi connectivity index (χ4v) is 3.15. The van der Waals surface area contributed by atoms with E-state index >= 15 is 0 Å². The third-order valence-electron chi connectivity index (χ3n) is 4.73. The summed E-state index contributed by atoms with van der Waals surface area (Å²) >= 11 is 0. The maximum Gasteiger partial charge on any atom is 0.225 e. The van der Waals surface area contributed by atoms with E-state index in [1.165, 1.54) is 11.3 Å². The SMILES string of the molecule is Cc1nn(C)c(C)c1CCN=C(N)N1CCN(c2ncccn2)CC1.I. The van der Waals surface area contributed by atoms with Crippen LogP contribution in [0.15, 0.2) is 23.5 Å². The number of piperazine rings is 1. The Morgan fingerprint density at radius 3 is 2.38 bits per heavy atom. The van der Waals surface area contributed by atoms with Crippen molar-refractivity contribution in [2.45, 2.75) is 20.3 Å². The van der Waals surface area contributed by atoms with Crippen LogP contribution in [0.4, 0.5) is 5.95 Å². The Kier molecular flexibility index (Phi) is 7.18. The summed E-state index contributed by atoms with van der Waals surface area (Å²) in [6.07, 6.45) is 4.41. The minimum Gasteiger partial charge on any atom is -0.370 e. The molecule has 0 saturated carbocycles. The molecular weight excluding hydrogens is 443 g/mol. The number of hydrogen-bond donors (Lipinski definition) is 1. The van der Waals surface area contributed by atoms with Crippen LogP contribution in [0.2, 0.25) is 0 Å². The number of aliphatic imine (C=N–C) groups is 1. The lowest BCUT2D eigenvalue weighted by Crippen LogP contribution is -2.51. The number of hydrogen-bond acceptors (Lipinski definition) is 5. The molecule has 3 rings (SSSR count). The lowest BCUT2D eigenvalue weighted by Gasteiger charge is -2.35. The number of guanidine groups is 1. The molecule has 9 heteroatoms. The summed E-state index contributed by atoms with van der Waals surface area (Å²) in [4.78, 5) is 17.5. The van der Waals surface area contributed by atoms with Gasteiger partial charge in [-0.05, 0) is 31.9 Å². The number of aryl methyl sites for hydroxylation is 2. The molecular formula is C17H27IN8. The van der Waals surface area contributed by atoms with Crippen molar-refractivity contribution < 1.29 is 0 Å². The van der Waals surface area contributed by atoms with Gasteiger partial charge in [0.15, 0.2) is 5.96 Å². The molecule has 1 aliphatic heterocycles. The van der Waals surface area contributed by atoms with E-state index in [9.17, 15) is 0 Å². The van der Waals surface area contributed by atoms with Crippen LogP contribution in [0.5, 0.6) is 0 Å². The molecule has 0 radical (unpaired) electrons. The van der Waals surface area contributed by atoms with Crippen LogP contribution in [0, 0.1) is 13.8 Å². The molecule has 0 atom stereocenters. The topological polar surface area (TPSA) is 88.5 Å². The van der Waals surface area contributed by atoms with Crippen LogP contribution in [0.3, 0.4) is 0 Å². The smallest absolute Gasteiger partial charge is 0.225 e. The Morgan fingerprint density at radius 2 is 1.81 bits per heavy atom. The molecule has 2 aromatic heterocycles. The van der Waals surface area contributed by atoms with Crippen molar-refractivity contribution in [2.75, 3.05) is 37.6 Å². The zero-order valence-electron chi connectivity index (χ0n) is 15.6. The second kappa shape index (κ2) is 9.15. The molecule has 1 fully saturated rings. The highest BCUT2D eigenvalue weighted by Crippen LogP contribution is 2.13. The highest BCUT2D eigenvalue weighted by Gasteiger charge is 2.19. The number of nitrogens with zero attached hydrogens (tertiary/aromatic N) is 7. The van der Waals surface area contributed by atoms with Gasteiger partial charge in [0.25, 0.3) is 0 Å². The van der Waals surface area contributed by atoms with E-state index in [1.54, 1.807) is 12.4 Å². The second-order valence-electron chi connectivity index (χ2n) is 6.29. The van der Waals surface area contributed by atoms with E-state index in [1.807, 2.05) is 24.7 Å². The highest BCUT2D eigenvalue weighted by atomic mass is 127. The number of aromatic nitrogens is 4. The molecule has 1 aliphatic rings. The second-order valence-corrected chi connectivity index (χ2v) is 6.29. The quantitative estimate of drug-likeness (QED) is 0.410. The molecule has 0 spiro atoms. The van der Waals surface area contributed by atoms with E-state index < -0.39 is 0 Å². The van der Waals surface area contributed by atoms with Gasteiger partial charge < -0.3 is 15.5 Å². The van der Waals surface area contributed by atoms with Crippen LogP contribution in [-0.4, -0.2) is 63.3 Å². The van der Waals surface area contributed by atoms with E-state index in [0.29, 0.717) is 12.5 Å². The standard InChI is InChI=1S/C17H26N8.HI/c1-13-15(14(2)23(3)22-13)5-8-19-16(18)24-9-11-25(12-10-24)17-20-6-4-7-21-17;/h4,6-7H,5,8-12H2,1-3H3,(H2,18,19);1H. The van der Waals surface area contributed by atoms with Gasteiger partial charge in [-0.25, -0.2) is 9.97 Å². The van der Waals surface area contributed by atoms with Crippen LogP contribution < -0.4 is 10.6 Å². The van der Waals surface area contributed by atoms with Crippen molar-refractivity contribution in [3.63, 3.8) is 0 Å². The average molecular weight is 470 g/mol. The van der Waals surface area contributed by atoms with Gasteiger partial charge in [-0.2, -0.15) is 5.10 Å². The van der Waals surface area contributed by atoms with Crippen molar-refractivity contribution in [1.29, 1.82) is 0 Å². The van der Waals surface area contributed by atoms with E-state index in [0.717, 1.165) is 44.2 Å². The van der Waals surface area contributed by atoms with Gasteiger partial charge in [-0.3, -0.25) is 9.67 Å². The normalized spacial score (nSPS) is 15.1. The van der Waals surface area contributed by atoms with Crippen molar-refractivity contribution in [3.05, 3.63) is 35.4 Å². The largest absolute Gasteiger partial charge is 0.370 e. The zero-order valence-corrected chi connectivity index (χ0v) is 17.9. The first-order valence-corrected chi connectivity index (χ1v) is 8.62. The molecule has 1 saturated heterocycles. The van der Waals surface area contributed by atoms with Gasteiger partial charge in [0, 0.05) is 57.9 Å². The molecule has 2 aromatic rings. The van der Waals surface area contributed by atoms with Gasteiger partial charge in [-0.1, -0.05) is 0 Å². The summed E-state index contributed by atoms with van der Waals surface area (Å²) in [6, 6.07) is 1.83. The van der Waals surface area contributed by atoms with Crippen molar-refractivity contribution in [1.82, 2.24) is 24.6 Å². The van der Waals surface area contributed by atoms with Crippen molar-refractivity contribution in [3.8, 4) is 0 Å². The predicted octanol–water partition coefficient (Wildman–Crippen LogP) is 1.12. The third kappa shape index (κ3) is 4.63. The predicted molar refractivity (Wildman–Crippen MR) is 114 cm³/mol. The molecule has 0 amide bonds. The van der Waals surface area contributed by atoms with Crippen molar-refractivity contribution in [2.24, 2.45) is 17.8 Å². The monoisotopic (exact) mass is 470 g/mol. The summed E-state index contributed by atoms with van der Waals surface area (Å²) in [5, 5.41) is 4.44. The molecule has 2 N–H and O–H groups in total. The number of nitrogens with two attached hydrogens (primary N) is 1. The first kappa shape index (κ1) is 20.4. The molecule has 0 aromatic carbocycles. The summed E-state index contributed by atoms with van der Waals surface area (Å²) in [5.41, 5.74) is 9.72. The van der Waals surface area contributed by atoms with Gasteiger partial charge >= 0.3 is 0 Å². The van der Waals surface area contributed by atoms with Gasteiger partial charge in [0.2, 0.25) is 5.95 Å². The van der Waals surface area contributed by atoms with Crippen LogP contribution >= 0.6 is 24.0 Å². The molecule has 0 bridgehead atoms. The van der Waals surface area contributed by atoms with Crippen LogP contribution in [0.1, 0.15) is 17.0 Å². The van der Waals surface area contributed by atoms with Crippen LogP contribution in [-0.2, 0) is 13.5 Å².